The van der Waals surface area contributed by atoms with Gasteiger partial charge in [0.15, 0.2) is 0 Å². The van der Waals surface area contributed by atoms with Gasteiger partial charge in [-0.15, -0.1) is 0 Å². The number of amides is 2. The molecule has 36 heavy (non-hydrogen) atoms. The van der Waals surface area contributed by atoms with Crippen LogP contribution in [0.4, 0.5) is 5.69 Å². The minimum atomic E-state index is -0.133. The molecule has 194 valence electrons. The first-order chi connectivity index (χ1) is 17.2. The van der Waals surface area contributed by atoms with Crippen LogP contribution in [0.15, 0.2) is 30.6 Å². The Morgan fingerprint density at radius 1 is 1.28 bits per heavy atom. The van der Waals surface area contributed by atoms with Crippen LogP contribution in [-0.2, 0) is 14.3 Å². The number of H-pyrrole nitrogens is 1. The Morgan fingerprint density at radius 2 is 2.06 bits per heavy atom. The van der Waals surface area contributed by atoms with Crippen LogP contribution in [0.2, 0.25) is 5.02 Å². The molecule has 2 aromatic heterocycles. The molecule has 3 N–H and O–H groups in total. The summed E-state index contributed by atoms with van der Waals surface area (Å²) >= 11 is 6.03. The number of hydrogen-bond donors (Lipinski definition) is 3. The number of carbonyl (C=O) groups is 2. The molecule has 0 radical (unpaired) electrons. The highest BCUT2D eigenvalue weighted by atomic mass is 35.5. The number of carbonyl (C=O) groups excluding carboxylic acids is 2. The highest BCUT2D eigenvalue weighted by molar-refractivity contribution is 6.32. The molecule has 0 saturated carbocycles. The zero-order chi connectivity index (χ0) is 25.7. The van der Waals surface area contributed by atoms with E-state index < -0.39 is 0 Å². The second kappa shape index (κ2) is 11.6. The Morgan fingerprint density at radius 3 is 2.78 bits per heavy atom. The Kier molecular flexibility index (Phi) is 8.46. The van der Waals surface area contributed by atoms with Gasteiger partial charge < -0.3 is 25.3 Å². The summed E-state index contributed by atoms with van der Waals surface area (Å²) < 4.78 is 5.66. The molecule has 0 unspecified atom stereocenters. The molecule has 0 atom stereocenters. The molecular weight excluding hydrogens is 480 g/mol. The molecule has 3 aromatic rings. The summed E-state index contributed by atoms with van der Waals surface area (Å²) in [6.07, 6.45) is 6.24. The molecule has 1 aromatic carbocycles. The van der Waals surface area contributed by atoms with Gasteiger partial charge in [0, 0.05) is 41.1 Å². The minimum Gasteiger partial charge on any atom is -0.373 e. The van der Waals surface area contributed by atoms with Crippen molar-refractivity contribution < 1.29 is 14.3 Å². The van der Waals surface area contributed by atoms with Crippen molar-refractivity contribution in [1.29, 1.82) is 0 Å². The van der Waals surface area contributed by atoms with Crippen LogP contribution < -0.4 is 10.6 Å². The van der Waals surface area contributed by atoms with E-state index in [0.717, 1.165) is 60.8 Å². The van der Waals surface area contributed by atoms with Gasteiger partial charge in [0.1, 0.15) is 0 Å². The lowest BCUT2D eigenvalue weighted by Gasteiger charge is -2.38. The van der Waals surface area contributed by atoms with E-state index in [2.05, 4.69) is 51.3 Å². The number of nitrogens with zero attached hydrogens (tertiary/aromatic N) is 3. The van der Waals surface area contributed by atoms with E-state index in [9.17, 15) is 9.59 Å². The Bertz CT molecular complexity index is 1210. The van der Waals surface area contributed by atoms with Gasteiger partial charge in [0.05, 0.1) is 41.7 Å². The van der Waals surface area contributed by atoms with E-state index >= 15 is 0 Å². The van der Waals surface area contributed by atoms with Crippen LogP contribution in [0.25, 0.3) is 21.8 Å². The first kappa shape index (κ1) is 26.3. The van der Waals surface area contributed by atoms with Crippen molar-refractivity contribution in [2.75, 3.05) is 51.7 Å². The lowest BCUT2D eigenvalue weighted by atomic mass is 10.1. The molecule has 5 rings (SSSR count). The SMILES string of the molecule is CN1CCC(NC(=O)CN2CCOC(C)(C)C2)CC1.O=CNc1cc(Cl)cc2c1[nH]c1cnccc12. The number of aromatic amines is 1. The number of piperidine rings is 1. The number of ether oxygens (including phenoxy) is 1. The summed E-state index contributed by atoms with van der Waals surface area (Å²) in [5.41, 5.74) is 2.30. The molecular formula is C26H35ClN6O3. The number of fused-ring (bicyclic) bond motifs is 3. The first-order valence-electron chi connectivity index (χ1n) is 12.3. The van der Waals surface area contributed by atoms with Crippen molar-refractivity contribution >= 4 is 51.4 Å². The molecule has 10 heteroatoms. The molecule has 2 aliphatic rings. The highest BCUT2D eigenvalue weighted by Crippen LogP contribution is 2.32. The highest BCUT2D eigenvalue weighted by Gasteiger charge is 2.28. The number of nitrogens with one attached hydrogen (secondary N) is 3. The predicted octanol–water partition coefficient (Wildman–Crippen LogP) is 3.25. The molecule has 2 aliphatic heterocycles. The zero-order valence-electron chi connectivity index (χ0n) is 21.1. The number of likely N-dealkylation sites (tertiary alicyclic amines) is 1. The molecule has 0 spiro atoms. The van der Waals surface area contributed by atoms with Crippen LogP contribution in [0.5, 0.6) is 0 Å². The standard InChI is InChI=1S/C14H27N3O2.C12H8ClN3O/c1-14(2)11-17(8-9-19-14)10-13(18)15-12-4-6-16(3)7-5-12;13-7-3-9-8-1-2-14-5-11(8)16-12(9)10(4-7)15-6-17/h12H,4-11H2,1-3H3,(H,15,18);1-6,16H,(H,15,17). The van der Waals surface area contributed by atoms with Crippen LogP contribution >= 0.6 is 11.6 Å². The predicted molar refractivity (Wildman–Crippen MR) is 143 cm³/mol. The number of pyridine rings is 1. The normalized spacial score (nSPS) is 19.0. The fraction of sp³-hybridized carbons (Fsp3) is 0.500. The fourth-order valence-corrected chi connectivity index (χ4v) is 5.09. The largest absolute Gasteiger partial charge is 0.373 e. The van der Waals surface area contributed by atoms with E-state index in [1.807, 2.05) is 12.1 Å². The average Bonchev–Trinajstić information content (AvgIpc) is 3.19. The van der Waals surface area contributed by atoms with Gasteiger partial charge >= 0.3 is 0 Å². The van der Waals surface area contributed by atoms with Crippen molar-refractivity contribution in [3.63, 3.8) is 0 Å². The summed E-state index contributed by atoms with van der Waals surface area (Å²) in [6.45, 7) is 9.21. The van der Waals surface area contributed by atoms with Gasteiger partial charge in [0.25, 0.3) is 0 Å². The van der Waals surface area contributed by atoms with Gasteiger partial charge in [0.2, 0.25) is 12.3 Å². The van der Waals surface area contributed by atoms with Gasteiger partial charge in [-0.1, -0.05) is 11.6 Å². The quantitative estimate of drug-likeness (QED) is 0.452. The van der Waals surface area contributed by atoms with Gasteiger partial charge in [-0.25, -0.2) is 0 Å². The summed E-state index contributed by atoms with van der Waals surface area (Å²) in [7, 11) is 2.13. The summed E-state index contributed by atoms with van der Waals surface area (Å²) in [4.78, 5) is 34.4. The topological polar surface area (TPSA) is 103 Å². The second-order valence-corrected chi connectivity index (χ2v) is 10.6. The number of rotatable bonds is 5. The van der Waals surface area contributed by atoms with E-state index in [1.54, 1.807) is 18.5 Å². The molecule has 0 bridgehead atoms. The molecule has 9 nitrogen and oxygen atoms in total. The first-order valence-corrected chi connectivity index (χ1v) is 12.7. The van der Waals surface area contributed by atoms with Crippen LogP contribution in [0.1, 0.15) is 26.7 Å². The van der Waals surface area contributed by atoms with E-state index in [1.165, 1.54) is 0 Å². The van der Waals surface area contributed by atoms with Gasteiger partial charge in [-0.05, 0) is 65.0 Å². The van der Waals surface area contributed by atoms with Crippen molar-refractivity contribution in [1.82, 2.24) is 25.1 Å². The van der Waals surface area contributed by atoms with Crippen LogP contribution in [0.3, 0.4) is 0 Å². The maximum atomic E-state index is 12.1. The lowest BCUT2D eigenvalue weighted by Crippen LogP contribution is -2.52. The number of halogens is 1. The third-order valence-electron chi connectivity index (χ3n) is 6.64. The number of morpholine rings is 1. The number of anilines is 1. The molecule has 2 amide bonds. The average molecular weight is 515 g/mol. The molecule has 0 aliphatic carbocycles. The third-order valence-corrected chi connectivity index (χ3v) is 6.86. The second-order valence-electron chi connectivity index (χ2n) is 10.1. The lowest BCUT2D eigenvalue weighted by molar-refractivity contribution is -0.128. The number of hydrogen-bond acceptors (Lipinski definition) is 6. The third kappa shape index (κ3) is 6.73. The summed E-state index contributed by atoms with van der Waals surface area (Å²) in [5.74, 6) is 0.159. The molecule has 4 heterocycles. The number of aromatic nitrogens is 2. The van der Waals surface area contributed by atoms with Crippen LogP contribution in [-0.4, -0.2) is 90.1 Å². The molecule has 2 fully saturated rings. The summed E-state index contributed by atoms with van der Waals surface area (Å²) in [5, 5.41) is 8.39. The van der Waals surface area contributed by atoms with Gasteiger partial charge in [-0.2, -0.15) is 0 Å². The Hall–Kier alpha value is -2.72. The Balaban J connectivity index is 0.000000170. The Labute approximate surface area is 216 Å². The van der Waals surface area contributed by atoms with Crippen molar-refractivity contribution in [2.24, 2.45) is 0 Å². The van der Waals surface area contributed by atoms with Crippen molar-refractivity contribution in [3.05, 3.63) is 35.6 Å². The maximum Gasteiger partial charge on any atom is 0.234 e. The van der Waals surface area contributed by atoms with Gasteiger partial charge in [-0.3, -0.25) is 19.5 Å². The summed E-state index contributed by atoms with van der Waals surface area (Å²) in [6, 6.07) is 5.85. The van der Waals surface area contributed by atoms with Crippen molar-refractivity contribution in [3.8, 4) is 0 Å². The van der Waals surface area contributed by atoms with Crippen molar-refractivity contribution in [2.45, 2.75) is 38.3 Å². The zero-order valence-corrected chi connectivity index (χ0v) is 21.9. The van der Waals surface area contributed by atoms with E-state index in [4.69, 9.17) is 16.3 Å². The smallest absolute Gasteiger partial charge is 0.234 e. The maximum absolute atomic E-state index is 12.1. The number of benzene rings is 1. The van der Waals surface area contributed by atoms with Crippen LogP contribution in [0, 0.1) is 0 Å². The monoisotopic (exact) mass is 514 g/mol. The van der Waals surface area contributed by atoms with E-state index in [0.29, 0.717) is 36.3 Å². The molecule has 2 saturated heterocycles. The fourth-order valence-electron chi connectivity index (χ4n) is 4.87. The van der Waals surface area contributed by atoms with E-state index in [-0.39, 0.29) is 11.5 Å². The minimum absolute atomic E-state index is 0.133.